The number of rotatable bonds is 9. The SMILES string of the molecule is CCOCCCNc1nc(N)nc2nc[nH]c12.Nc1nc(OCc2ccccc2)c2[nH]cnc2n1. The number of aromatic nitrogens is 8. The Balaban J connectivity index is 0.000000165. The fourth-order valence-corrected chi connectivity index (χ4v) is 3.16. The fraction of sp³-hybridized carbons (Fsp3) is 0.273. The Morgan fingerprint density at radius 1 is 0.886 bits per heavy atom. The van der Waals surface area contributed by atoms with E-state index in [-0.39, 0.29) is 11.9 Å². The van der Waals surface area contributed by atoms with Gasteiger partial charge in [0.2, 0.25) is 17.8 Å². The number of H-pyrrole nitrogens is 2. The van der Waals surface area contributed by atoms with Gasteiger partial charge in [0.05, 0.1) is 12.7 Å². The molecular formula is C22H27N11O2. The van der Waals surface area contributed by atoms with E-state index in [1.807, 2.05) is 37.3 Å². The van der Waals surface area contributed by atoms with Crippen molar-refractivity contribution in [3.05, 3.63) is 48.5 Å². The lowest BCUT2D eigenvalue weighted by Gasteiger charge is -2.06. The molecule has 5 rings (SSSR count). The molecule has 0 radical (unpaired) electrons. The van der Waals surface area contributed by atoms with Crippen molar-refractivity contribution in [1.29, 1.82) is 0 Å². The maximum atomic E-state index is 5.64. The molecule has 0 bridgehead atoms. The minimum absolute atomic E-state index is 0.151. The predicted octanol–water partition coefficient (Wildman–Crippen LogP) is 2.29. The number of ether oxygens (including phenoxy) is 2. The Morgan fingerprint density at radius 2 is 1.57 bits per heavy atom. The Bertz CT molecular complexity index is 1350. The second kappa shape index (κ2) is 11.6. The molecule has 0 spiro atoms. The minimum Gasteiger partial charge on any atom is -0.471 e. The van der Waals surface area contributed by atoms with Gasteiger partial charge in [0.15, 0.2) is 17.1 Å². The van der Waals surface area contributed by atoms with Gasteiger partial charge in [-0.1, -0.05) is 30.3 Å². The smallest absolute Gasteiger partial charge is 0.245 e. The Labute approximate surface area is 200 Å². The van der Waals surface area contributed by atoms with Crippen LogP contribution in [-0.4, -0.2) is 59.6 Å². The zero-order valence-electron chi connectivity index (χ0n) is 19.2. The van der Waals surface area contributed by atoms with Gasteiger partial charge < -0.3 is 36.2 Å². The van der Waals surface area contributed by atoms with E-state index in [1.54, 1.807) is 6.33 Å². The summed E-state index contributed by atoms with van der Waals surface area (Å²) in [6.07, 6.45) is 4.02. The van der Waals surface area contributed by atoms with E-state index in [4.69, 9.17) is 20.9 Å². The van der Waals surface area contributed by atoms with Gasteiger partial charge in [-0.15, -0.1) is 0 Å². The Kier molecular flexibility index (Phi) is 7.81. The van der Waals surface area contributed by atoms with Crippen molar-refractivity contribution in [2.75, 3.05) is 36.5 Å². The van der Waals surface area contributed by atoms with Crippen molar-refractivity contribution in [2.45, 2.75) is 20.0 Å². The van der Waals surface area contributed by atoms with Gasteiger partial charge in [-0.25, -0.2) is 9.97 Å². The zero-order valence-corrected chi connectivity index (χ0v) is 19.2. The molecule has 0 fully saturated rings. The summed E-state index contributed by atoms with van der Waals surface area (Å²) in [5.41, 5.74) is 14.8. The number of nitrogens with zero attached hydrogens (tertiary/aromatic N) is 6. The largest absolute Gasteiger partial charge is 0.471 e. The quantitative estimate of drug-likeness (QED) is 0.196. The van der Waals surface area contributed by atoms with Crippen molar-refractivity contribution in [2.24, 2.45) is 0 Å². The molecule has 0 aliphatic carbocycles. The first-order valence-corrected chi connectivity index (χ1v) is 11.1. The standard InChI is InChI=1S/C12H11N5O.C10H16N6O/c13-12-16-10-9(14-7-15-10)11(17-12)18-6-8-4-2-1-3-5-8;1-2-17-5-3-4-12-8-7-9(14-6-13-7)16-10(11)15-8/h1-5,7H,6H2,(H3,13,14,15,16,17);6H,2-5H2,1H3,(H4,11,12,13,14,15,16). The van der Waals surface area contributed by atoms with Crippen LogP contribution < -0.4 is 21.5 Å². The minimum atomic E-state index is 0.151. The number of hydrogen-bond acceptors (Lipinski definition) is 11. The summed E-state index contributed by atoms with van der Waals surface area (Å²) in [5, 5.41) is 3.19. The van der Waals surface area contributed by atoms with Gasteiger partial charge >= 0.3 is 0 Å². The van der Waals surface area contributed by atoms with Crippen LogP contribution in [0.25, 0.3) is 22.3 Å². The molecule has 4 heterocycles. The average molecular weight is 478 g/mol. The van der Waals surface area contributed by atoms with Crippen molar-refractivity contribution < 1.29 is 9.47 Å². The summed E-state index contributed by atoms with van der Waals surface area (Å²) in [7, 11) is 0. The van der Waals surface area contributed by atoms with Crippen LogP contribution in [0.1, 0.15) is 18.9 Å². The van der Waals surface area contributed by atoms with E-state index >= 15 is 0 Å². The van der Waals surface area contributed by atoms with E-state index in [0.29, 0.717) is 35.1 Å². The maximum Gasteiger partial charge on any atom is 0.245 e. The third-order valence-electron chi connectivity index (χ3n) is 4.75. The van der Waals surface area contributed by atoms with Gasteiger partial charge in [-0.05, 0) is 18.9 Å². The van der Waals surface area contributed by atoms with Crippen molar-refractivity contribution in [3.8, 4) is 5.88 Å². The lowest BCUT2D eigenvalue weighted by molar-refractivity contribution is 0.147. The summed E-state index contributed by atoms with van der Waals surface area (Å²) in [6.45, 7) is 4.64. The number of benzene rings is 1. The van der Waals surface area contributed by atoms with Gasteiger partial charge in [-0.3, -0.25) is 0 Å². The number of fused-ring (bicyclic) bond motifs is 2. The summed E-state index contributed by atoms with van der Waals surface area (Å²) < 4.78 is 10.9. The molecule has 0 atom stereocenters. The third-order valence-corrected chi connectivity index (χ3v) is 4.75. The molecule has 1 aromatic carbocycles. The van der Waals surface area contributed by atoms with Crippen LogP contribution >= 0.6 is 0 Å². The Hall–Kier alpha value is -4.52. The molecular weight excluding hydrogens is 450 g/mol. The highest BCUT2D eigenvalue weighted by Gasteiger charge is 2.10. The highest BCUT2D eigenvalue weighted by Crippen LogP contribution is 2.20. The number of anilines is 3. The first kappa shape index (κ1) is 23.6. The number of nitrogens with one attached hydrogen (secondary N) is 3. The lowest BCUT2D eigenvalue weighted by Crippen LogP contribution is -2.09. The van der Waals surface area contributed by atoms with Crippen LogP contribution in [0.2, 0.25) is 0 Å². The predicted molar refractivity (Wildman–Crippen MR) is 133 cm³/mol. The topological polar surface area (TPSA) is 191 Å². The molecule has 0 unspecified atom stereocenters. The highest BCUT2D eigenvalue weighted by molar-refractivity contribution is 5.83. The van der Waals surface area contributed by atoms with Crippen LogP contribution in [0.15, 0.2) is 43.0 Å². The highest BCUT2D eigenvalue weighted by atomic mass is 16.5. The number of imidazole rings is 2. The molecule has 182 valence electrons. The number of hydrogen-bond donors (Lipinski definition) is 5. The van der Waals surface area contributed by atoms with Crippen LogP contribution in [-0.2, 0) is 11.3 Å². The second-order valence-electron chi connectivity index (χ2n) is 7.27. The molecule has 5 aromatic rings. The summed E-state index contributed by atoms with van der Waals surface area (Å²) in [4.78, 5) is 30.2. The van der Waals surface area contributed by atoms with Crippen LogP contribution in [0.5, 0.6) is 5.88 Å². The fourth-order valence-electron chi connectivity index (χ4n) is 3.16. The van der Waals surface area contributed by atoms with E-state index in [9.17, 15) is 0 Å². The molecule has 7 N–H and O–H groups in total. The summed E-state index contributed by atoms with van der Waals surface area (Å²) in [5.74, 6) is 1.47. The third kappa shape index (κ3) is 6.29. The normalized spacial score (nSPS) is 10.8. The van der Waals surface area contributed by atoms with E-state index in [0.717, 1.165) is 37.3 Å². The molecule has 0 saturated heterocycles. The van der Waals surface area contributed by atoms with Crippen LogP contribution in [0.3, 0.4) is 0 Å². The average Bonchev–Trinajstić information content (AvgIpc) is 3.53. The van der Waals surface area contributed by atoms with E-state index in [1.165, 1.54) is 6.33 Å². The molecule has 13 nitrogen and oxygen atoms in total. The van der Waals surface area contributed by atoms with E-state index < -0.39 is 0 Å². The van der Waals surface area contributed by atoms with Gasteiger partial charge in [0.25, 0.3) is 0 Å². The lowest BCUT2D eigenvalue weighted by atomic mass is 10.2. The van der Waals surface area contributed by atoms with Crippen LogP contribution in [0.4, 0.5) is 17.7 Å². The molecule has 13 heteroatoms. The first-order valence-electron chi connectivity index (χ1n) is 11.1. The van der Waals surface area contributed by atoms with Crippen molar-refractivity contribution in [3.63, 3.8) is 0 Å². The molecule has 0 aliphatic rings. The summed E-state index contributed by atoms with van der Waals surface area (Å²) >= 11 is 0. The van der Waals surface area contributed by atoms with Crippen LogP contribution in [0, 0.1) is 0 Å². The zero-order chi connectivity index (χ0) is 24.5. The summed E-state index contributed by atoms with van der Waals surface area (Å²) in [6, 6.07) is 9.83. The molecule has 0 aliphatic heterocycles. The second-order valence-corrected chi connectivity index (χ2v) is 7.27. The monoisotopic (exact) mass is 477 g/mol. The molecule has 0 amide bonds. The van der Waals surface area contributed by atoms with Gasteiger partial charge in [0.1, 0.15) is 17.6 Å². The number of nitrogens with two attached hydrogens (primary N) is 2. The van der Waals surface area contributed by atoms with Gasteiger partial charge in [-0.2, -0.15) is 19.9 Å². The first-order chi connectivity index (χ1) is 17.1. The number of nitrogen functional groups attached to an aromatic ring is 2. The van der Waals surface area contributed by atoms with Gasteiger partial charge in [0, 0.05) is 19.8 Å². The molecule has 0 saturated carbocycles. The Morgan fingerprint density at radius 3 is 2.31 bits per heavy atom. The van der Waals surface area contributed by atoms with Crippen molar-refractivity contribution in [1.82, 2.24) is 39.9 Å². The maximum absolute atomic E-state index is 5.64. The number of aromatic amines is 2. The molecule has 4 aromatic heterocycles. The van der Waals surface area contributed by atoms with E-state index in [2.05, 4.69) is 45.2 Å². The molecule has 35 heavy (non-hydrogen) atoms. The van der Waals surface area contributed by atoms with Crippen molar-refractivity contribution >= 4 is 40.0 Å².